The Kier molecular flexibility index (Phi) is 4.62. The molecule has 4 nitrogen and oxygen atoms in total. The van der Waals surface area contributed by atoms with Crippen LogP contribution in [0.25, 0.3) is 92.7 Å². The average molecular weight is 561 g/mol. The van der Waals surface area contributed by atoms with Crippen LogP contribution in [0.15, 0.2) is 128 Å². The summed E-state index contributed by atoms with van der Waals surface area (Å²) < 4.78 is 2.02. The van der Waals surface area contributed by atoms with Gasteiger partial charge in [0.05, 0.1) is 11.0 Å². The van der Waals surface area contributed by atoms with Gasteiger partial charge in [-0.25, -0.2) is 15.0 Å². The summed E-state index contributed by atoms with van der Waals surface area (Å²) in [6.45, 7) is 1.99. The van der Waals surface area contributed by atoms with E-state index in [2.05, 4.69) is 97.1 Å². The number of hydrogen-bond donors (Lipinski definition) is 0. The normalized spacial score (nSPS) is 12.2. The first-order valence-corrected chi connectivity index (χ1v) is 14.9. The minimum Gasteiger partial charge on any atom is -0.264 e. The van der Waals surface area contributed by atoms with Crippen LogP contribution < -0.4 is 0 Å². The summed E-state index contributed by atoms with van der Waals surface area (Å²) in [6.07, 6.45) is 3.88. The third kappa shape index (κ3) is 3.14. The van der Waals surface area contributed by atoms with Crippen molar-refractivity contribution in [1.29, 1.82) is 0 Å². The van der Waals surface area contributed by atoms with Gasteiger partial charge in [0.15, 0.2) is 0 Å². The molecule has 0 saturated heterocycles. The largest absolute Gasteiger partial charge is 0.264 e. The van der Waals surface area contributed by atoms with Crippen LogP contribution in [0.3, 0.4) is 0 Å². The molecule has 204 valence electrons. The molecular formula is C40H24N4. The minimum atomic E-state index is 0.624. The second kappa shape index (κ2) is 8.59. The zero-order chi connectivity index (χ0) is 28.9. The van der Waals surface area contributed by atoms with Gasteiger partial charge in [-0.2, -0.15) is 0 Å². The van der Waals surface area contributed by atoms with Crippen molar-refractivity contribution in [2.45, 2.75) is 6.92 Å². The summed E-state index contributed by atoms with van der Waals surface area (Å²) in [5, 5.41) is 15.3. The molecule has 8 aromatic carbocycles. The van der Waals surface area contributed by atoms with Gasteiger partial charge in [0, 0.05) is 18.0 Å². The van der Waals surface area contributed by atoms with E-state index < -0.39 is 0 Å². The molecule has 0 spiro atoms. The van der Waals surface area contributed by atoms with Crippen molar-refractivity contribution in [1.82, 2.24) is 19.5 Å². The van der Waals surface area contributed by atoms with Gasteiger partial charge in [-0.05, 0) is 101 Å². The molecule has 0 aliphatic heterocycles. The lowest BCUT2D eigenvalue weighted by Crippen LogP contribution is -2.02. The molecule has 0 unspecified atom stereocenters. The second-order valence-corrected chi connectivity index (χ2v) is 11.7. The van der Waals surface area contributed by atoms with Gasteiger partial charge in [-0.15, -0.1) is 0 Å². The van der Waals surface area contributed by atoms with Crippen LogP contribution in [-0.2, 0) is 0 Å². The van der Waals surface area contributed by atoms with Gasteiger partial charge in [0.2, 0.25) is 5.95 Å². The summed E-state index contributed by atoms with van der Waals surface area (Å²) >= 11 is 0. The fourth-order valence-corrected chi connectivity index (χ4v) is 7.44. The molecule has 44 heavy (non-hydrogen) atoms. The summed E-state index contributed by atoms with van der Waals surface area (Å²) in [5.41, 5.74) is 4.03. The van der Waals surface area contributed by atoms with Gasteiger partial charge in [0.1, 0.15) is 5.82 Å². The van der Waals surface area contributed by atoms with Crippen LogP contribution in [-0.4, -0.2) is 19.5 Å². The Morgan fingerprint density at radius 1 is 0.477 bits per heavy atom. The van der Waals surface area contributed by atoms with E-state index in [1.54, 1.807) is 0 Å². The van der Waals surface area contributed by atoms with Gasteiger partial charge >= 0.3 is 0 Å². The van der Waals surface area contributed by atoms with Crippen molar-refractivity contribution in [3.63, 3.8) is 0 Å². The standard InChI is InChI=1S/C40H24N4/c1-23-43-34-13-2-3-14-35(34)44(23)40-41-21-29(22-42-40)28-19-27-18-17-26-8-5-11-31-30-10-4-7-24-15-16-25-9-6-12-32(38(25)36(24)30)33(20-28)39(27)37(26)31/h2-22H,1H3. The maximum Gasteiger partial charge on any atom is 0.235 e. The van der Waals surface area contributed by atoms with Crippen LogP contribution in [0.1, 0.15) is 5.82 Å². The molecule has 2 heterocycles. The van der Waals surface area contributed by atoms with E-state index in [1.807, 2.05) is 42.1 Å². The van der Waals surface area contributed by atoms with Crippen LogP contribution in [0.2, 0.25) is 0 Å². The first-order valence-electron chi connectivity index (χ1n) is 14.9. The summed E-state index contributed by atoms with van der Waals surface area (Å²) in [4.78, 5) is 14.4. The smallest absolute Gasteiger partial charge is 0.235 e. The lowest BCUT2D eigenvalue weighted by Gasteiger charge is -2.17. The molecule has 0 aliphatic rings. The predicted octanol–water partition coefficient (Wildman–Crippen LogP) is 10.1. The number of benzene rings is 7. The lowest BCUT2D eigenvalue weighted by molar-refractivity contribution is 0.905. The number of hydrogen-bond acceptors (Lipinski definition) is 3. The molecule has 0 radical (unpaired) electrons. The Hall–Kier alpha value is -5.87. The lowest BCUT2D eigenvalue weighted by atomic mass is 9.87. The number of imidazole rings is 1. The molecule has 0 amide bonds. The van der Waals surface area contributed by atoms with E-state index in [-0.39, 0.29) is 0 Å². The van der Waals surface area contributed by atoms with Crippen molar-refractivity contribution in [2.75, 3.05) is 0 Å². The molecule has 0 aliphatic carbocycles. The monoisotopic (exact) mass is 560 g/mol. The van der Waals surface area contributed by atoms with Crippen molar-refractivity contribution in [3.8, 4) is 17.1 Å². The number of rotatable bonds is 2. The third-order valence-corrected chi connectivity index (χ3v) is 9.32. The number of nitrogens with zero attached hydrogens (tertiary/aromatic N) is 4. The highest BCUT2D eigenvalue weighted by Crippen LogP contribution is 2.44. The van der Waals surface area contributed by atoms with E-state index in [9.17, 15) is 0 Å². The van der Waals surface area contributed by atoms with Gasteiger partial charge in [0.25, 0.3) is 0 Å². The van der Waals surface area contributed by atoms with Crippen molar-refractivity contribution < 1.29 is 0 Å². The molecule has 0 bridgehead atoms. The number of aromatic nitrogens is 4. The summed E-state index contributed by atoms with van der Waals surface area (Å²) in [7, 11) is 0. The number of fused-ring (bicyclic) bond motifs is 3. The number of aryl methyl sites for hydroxylation is 1. The van der Waals surface area contributed by atoms with Crippen molar-refractivity contribution in [2.24, 2.45) is 0 Å². The molecule has 4 heteroatoms. The maximum absolute atomic E-state index is 4.85. The Morgan fingerprint density at radius 3 is 1.66 bits per heavy atom. The fraction of sp³-hybridized carbons (Fsp3) is 0.0250. The quantitative estimate of drug-likeness (QED) is 0.198. The molecular weight excluding hydrogens is 536 g/mol. The molecule has 0 fully saturated rings. The fourth-order valence-electron chi connectivity index (χ4n) is 7.44. The molecule has 10 aromatic rings. The van der Waals surface area contributed by atoms with Crippen LogP contribution in [0.5, 0.6) is 0 Å². The van der Waals surface area contributed by atoms with Crippen molar-refractivity contribution >= 4 is 75.7 Å². The van der Waals surface area contributed by atoms with Gasteiger partial charge in [-0.3, -0.25) is 4.57 Å². The predicted molar refractivity (Wildman–Crippen MR) is 183 cm³/mol. The maximum atomic E-state index is 4.85. The average Bonchev–Trinajstić information content (AvgIpc) is 3.41. The zero-order valence-electron chi connectivity index (χ0n) is 23.9. The van der Waals surface area contributed by atoms with Gasteiger partial charge in [-0.1, -0.05) is 91.0 Å². The zero-order valence-corrected chi connectivity index (χ0v) is 23.9. The molecule has 0 atom stereocenters. The van der Waals surface area contributed by atoms with Crippen LogP contribution in [0.4, 0.5) is 0 Å². The number of para-hydroxylation sites is 2. The van der Waals surface area contributed by atoms with E-state index in [4.69, 9.17) is 15.0 Å². The Morgan fingerprint density at radius 2 is 1.02 bits per heavy atom. The third-order valence-electron chi connectivity index (χ3n) is 9.32. The Balaban J connectivity index is 1.31. The van der Waals surface area contributed by atoms with Crippen LogP contribution in [0, 0.1) is 6.92 Å². The molecule has 2 aromatic heterocycles. The van der Waals surface area contributed by atoms with E-state index in [0.29, 0.717) is 5.95 Å². The molecule has 0 saturated carbocycles. The first-order chi connectivity index (χ1) is 21.7. The first kappa shape index (κ1) is 23.7. The Labute approximate surface area is 252 Å². The minimum absolute atomic E-state index is 0.624. The van der Waals surface area contributed by atoms with Crippen LogP contribution >= 0.6 is 0 Å². The van der Waals surface area contributed by atoms with E-state index >= 15 is 0 Å². The SMILES string of the molecule is Cc1nc2ccccc2n1-c1ncc(-c2cc3ccc4cccc5c6cccc7ccc8cccc(c(c2)c3c45)c8c76)cn1. The van der Waals surface area contributed by atoms with Crippen molar-refractivity contribution in [3.05, 3.63) is 133 Å². The highest BCUT2D eigenvalue weighted by Gasteiger charge is 2.17. The highest BCUT2D eigenvalue weighted by atomic mass is 15.2. The highest BCUT2D eigenvalue weighted by molar-refractivity contribution is 6.37. The molecule has 0 N–H and O–H groups in total. The van der Waals surface area contributed by atoms with E-state index in [0.717, 1.165) is 28.0 Å². The topological polar surface area (TPSA) is 43.6 Å². The summed E-state index contributed by atoms with van der Waals surface area (Å²) in [6, 6.07) is 41.9. The second-order valence-electron chi connectivity index (χ2n) is 11.7. The van der Waals surface area contributed by atoms with E-state index in [1.165, 1.54) is 64.6 Å². The molecule has 10 rings (SSSR count). The summed E-state index contributed by atoms with van der Waals surface area (Å²) in [5.74, 6) is 1.49. The Bertz CT molecular complexity index is 2770. The van der Waals surface area contributed by atoms with Gasteiger partial charge < -0.3 is 0 Å².